The van der Waals surface area contributed by atoms with E-state index in [1.54, 1.807) is 0 Å². The first kappa shape index (κ1) is 12.5. The minimum atomic E-state index is 0.521. The normalized spacial score (nSPS) is 17.8. The molecule has 0 bridgehead atoms. The molecule has 1 aliphatic carbocycles. The zero-order valence-electron chi connectivity index (χ0n) is 9.62. The summed E-state index contributed by atoms with van der Waals surface area (Å²) in [5.74, 6) is 1.03. The minimum Gasteiger partial charge on any atom is -0.302 e. The summed E-state index contributed by atoms with van der Waals surface area (Å²) >= 11 is 7.90. The Labute approximate surface area is 112 Å². The van der Waals surface area contributed by atoms with E-state index in [9.17, 15) is 0 Å². The summed E-state index contributed by atoms with van der Waals surface area (Å²) in [5.41, 5.74) is 1.90. The van der Waals surface area contributed by atoms with Crippen molar-refractivity contribution >= 4 is 28.6 Å². The van der Waals surface area contributed by atoms with Gasteiger partial charge in [0.15, 0.2) is 0 Å². The summed E-state index contributed by atoms with van der Waals surface area (Å²) in [5, 5.41) is 0. The zero-order chi connectivity index (χ0) is 11.6. The van der Waals surface area contributed by atoms with Gasteiger partial charge in [-0.05, 0) is 48.8 Å². The maximum absolute atomic E-state index is 4.45. The molecule has 0 heterocycles. The van der Waals surface area contributed by atoms with Gasteiger partial charge in [-0.25, -0.2) is 0 Å². The fraction of sp³-hybridized carbons (Fsp3) is 0.538. The Kier molecular flexibility index (Phi) is 3.98. The molecule has 0 aliphatic heterocycles. The molecule has 2 rings (SSSR count). The number of rotatable bonds is 5. The van der Waals surface area contributed by atoms with Crippen molar-refractivity contribution in [2.75, 3.05) is 19.3 Å². The second-order valence-electron chi connectivity index (χ2n) is 4.96. The van der Waals surface area contributed by atoms with Crippen molar-refractivity contribution in [1.29, 1.82) is 0 Å². The summed E-state index contributed by atoms with van der Waals surface area (Å²) < 4.78 is 1.15. The summed E-state index contributed by atoms with van der Waals surface area (Å²) in [6.45, 7) is 2.20. The SMILES string of the molecule is CN(Cc1ccc(Br)cc1)CC1(CS)CC1. The molecular weight excluding hydrogens is 282 g/mol. The Bertz CT molecular complexity index is 345. The molecule has 0 aromatic heterocycles. The lowest BCUT2D eigenvalue weighted by molar-refractivity contribution is 0.270. The van der Waals surface area contributed by atoms with Gasteiger partial charge in [0.1, 0.15) is 0 Å². The van der Waals surface area contributed by atoms with Gasteiger partial charge < -0.3 is 4.90 Å². The van der Waals surface area contributed by atoms with Gasteiger partial charge in [0.25, 0.3) is 0 Å². The summed E-state index contributed by atoms with van der Waals surface area (Å²) in [6, 6.07) is 8.57. The molecule has 1 saturated carbocycles. The van der Waals surface area contributed by atoms with E-state index < -0.39 is 0 Å². The van der Waals surface area contributed by atoms with E-state index in [0.29, 0.717) is 5.41 Å². The van der Waals surface area contributed by atoms with Gasteiger partial charge in [-0.3, -0.25) is 0 Å². The van der Waals surface area contributed by atoms with Crippen LogP contribution in [0.25, 0.3) is 0 Å². The molecule has 0 N–H and O–H groups in total. The average molecular weight is 300 g/mol. The largest absolute Gasteiger partial charge is 0.302 e. The second-order valence-corrected chi connectivity index (χ2v) is 6.19. The van der Waals surface area contributed by atoms with Crippen LogP contribution in [0.1, 0.15) is 18.4 Å². The molecule has 0 unspecified atom stereocenters. The Morgan fingerprint density at radius 2 is 1.94 bits per heavy atom. The molecular formula is C13H18BrNS. The van der Waals surface area contributed by atoms with Crippen molar-refractivity contribution in [3.8, 4) is 0 Å². The predicted octanol–water partition coefficient (Wildman–Crippen LogP) is 3.59. The van der Waals surface area contributed by atoms with Gasteiger partial charge in [-0.1, -0.05) is 28.1 Å². The van der Waals surface area contributed by atoms with Gasteiger partial charge in [-0.2, -0.15) is 12.6 Å². The van der Waals surface area contributed by atoms with Crippen LogP contribution in [0.15, 0.2) is 28.7 Å². The molecule has 0 atom stereocenters. The van der Waals surface area contributed by atoms with E-state index in [1.807, 2.05) is 0 Å². The first-order valence-electron chi connectivity index (χ1n) is 5.67. The van der Waals surface area contributed by atoms with Crippen LogP contribution in [0, 0.1) is 5.41 Å². The lowest BCUT2D eigenvalue weighted by Crippen LogP contribution is -2.27. The molecule has 0 amide bonds. The number of hydrogen-bond acceptors (Lipinski definition) is 2. The standard InChI is InChI=1S/C13H18BrNS/c1-15(9-13(10-16)6-7-13)8-11-2-4-12(14)5-3-11/h2-5,16H,6-10H2,1H3. The Balaban J connectivity index is 1.87. The molecule has 0 radical (unpaired) electrons. The van der Waals surface area contributed by atoms with Crippen LogP contribution in [0.3, 0.4) is 0 Å². The van der Waals surface area contributed by atoms with Gasteiger partial charge in [0, 0.05) is 17.6 Å². The highest BCUT2D eigenvalue weighted by Crippen LogP contribution is 2.46. The molecule has 16 heavy (non-hydrogen) atoms. The smallest absolute Gasteiger partial charge is 0.0230 e. The molecule has 1 aliphatic rings. The van der Waals surface area contributed by atoms with E-state index in [4.69, 9.17) is 0 Å². The Morgan fingerprint density at radius 1 is 1.31 bits per heavy atom. The van der Waals surface area contributed by atoms with Gasteiger partial charge in [0.05, 0.1) is 0 Å². The number of benzene rings is 1. The molecule has 1 aromatic rings. The summed E-state index contributed by atoms with van der Waals surface area (Å²) in [7, 11) is 2.20. The van der Waals surface area contributed by atoms with Crippen molar-refractivity contribution in [3.63, 3.8) is 0 Å². The van der Waals surface area contributed by atoms with Crippen LogP contribution < -0.4 is 0 Å². The number of nitrogens with zero attached hydrogens (tertiary/aromatic N) is 1. The minimum absolute atomic E-state index is 0.521. The quantitative estimate of drug-likeness (QED) is 0.813. The van der Waals surface area contributed by atoms with Crippen LogP contribution in [0.2, 0.25) is 0 Å². The van der Waals surface area contributed by atoms with E-state index in [0.717, 1.165) is 16.8 Å². The monoisotopic (exact) mass is 299 g/mol. The zero-order valence-corrected chi connectivity index (χ0v) is 12.1. The number of halogens is 1. The van der Waals surface area contributed by atoms with Gasteiger partial charge in [-0.15, -0.1) is 0 Å². The summed E-state index contributed by atoms with van der Waals surface area (Å²) in [4.78, 5) is 2.41. The Morgan fingerprint density at radius 3 is 2.44 bits per heavy atom. The Hall–Kier alpha value is 0.01000. The highest BCUT2D eigenvalue weighted by Gasteiger charge is 2.41. The molecule has 0 spiro atoms. The van der Waals surface area contributed by atoms with Crippen molar-refractivity contribution in [2.24, 2.45) is 5.41 Å². The summed E-state index contributed by atoms with van der Waals surface area (Å²) in [6.07, 6.45) is 2.70. The van der Waals surface area contributed by atoms with Crippen molar-refractivity contribution < 1.29 is 0 Å². The lowest BCUT2D eigenvalue weighted by Gasteiger charge is -2.22. The van der Waals surface area contributed by atoms with Crippen LogP contribution in [-0.4, -0.2) is 24.2 Å². The first-order chi connectivity index (χ1) is 7.63. The third-order valence-corrected chi connectivity index (χ3v) is 4.46. The molecule has 0 saturated heterocycles. The van der Waals surface area contributed by atoms with Crippen LogP contribution in [-0.2, 0) is 6.54 Å². The topological polar surface area (TPSA) is 3.24 Å². The third-order valence-electron chi connectivity index (χ3n) is 3.26. The number of hydrogen-bond donors (Lipinski definition) is 1. The van der Waals surface area contributed by atoms with Gasteiger partial charge in [0.2, 0.25) is 0 Å². The van der Waals surface area contributed by atoms with Crippen molar-refractivity contribution in [1.82, 2.24) is 4.90 Å². The number of thiol groups is 1. The molecule has 88 valence electrons. The maximum Gasteiger partial charge on any atom is 0.0230 e. The highest BCUT2D eigenvalue weighted by atomic mass is 79.9. The van der Waals surface area contributed by atoms with E-state index in [-0.39, 0.29) is 0 Å². The molecule has 1 fully saturated rings. The van der Waals surface area contributed by atoms with E-state index in [2.05, 4.69) is 64.8 Å². The van der Waals surface area contributed by atoms with Crippen molar-refractivity contribution in [2.45, 2.75) is 19.4 Å². The maximum atomic E-state index is 4.45. The van der Waals surface area contributed by atoms with Crippen molar-refractivity contribution in [3.05, 3.63) is 34.3 Å². The average Bonchev–Trinajstić information content (AvgIpc) is 3.02. The lowest BCUT2D eigenvalue weighted by atomic mass is 10.1. The first-order valence-corrected chi connectivity index (χ1v) is 7.10. The van der Waals surface area contributed by atoms with E-state index >= 15 is 0 Å². The third kappa shape index (κ3) is 3.25. The molecule has 1 aromatic carbocycles. The fourth-order valence-corrected chi connectivity index (χ4v) is 2.75. The van der Waals surface area contributed by atoms with Gasteiger partial charge >= 0.3 is 0 Å². The molecule has 3 heteroatoms. The van der Waals surface area contributed by atoms with Crippen LogP contribution in [0.5, 0.6) is 0 Å². The van der Waals surface area contributed by atoms with Crippen LogP contribution in [0.4, 0.5) is 0 Å². The second kappa shape index (κ2) is 5.11. The predicted molar refractivity (Wildman–Crippen MR) is 76.0 cm³/mol. The fourth-order valence-electron chi connectivity index (χ4n) is 2.07. The van der Waals surface area contributed by atoms with Crippen LogP contribution >= 0.6 is 28.6 Å². The van der Waals surface area contributed by atoms with E-state index in [1.165, 1.54) is 24.9 Å². The highest BCUT2D eigenvalue weighted by molar-refractivity contribution is 9.10. The molecule has 1 nitrogen and oxygen atoms in total.